The fraction of sp³-hybridized carbons (Fsp3) is 0.368. The van der Waals surface area contributed by atoms with Gasteiger partial charge in [-0.1, -0.05) is 36.4 Å². The van der Waals surface area contributed by atoms with Crippen molar-refractivity contribution in [3.63, 3.8) is 0 Å². The normalized spacial score (nSPS) is 18.3. The molecule has 126 valence electrons. The van der Waals surface area contributed by atoms with Gasteiger partial charge in [-0.2, -0.15) is 0 Å². The van der Waals surface area contributed by atoms with Gasteiger partial charge >= 0.3 is 0 Å². The molecule has 2 heterocycles. The van der Waals surface area contributed by atoms with Gasteiger partial charge in [0.2, 0.25) is 5.88 Å². The number of ether oxygens (including phenoxy) is 2. The summed E-state index contributed by atoms with van der Waals surface area (Å²) in [6, 6.07) is 15.2. The largest absolute Gasteiger partial charge is 0.481 e. The molecule has 0 radical (unpaired) electrons. The van der Waals surface area contributed by atoms with Crippen molar-refractivity contribution < 1.29 is 14.3 Å². The molecule has 1 fully saturated rings. The molecule has 0 amide bonds. The molecular weight excluding hydrogens is 304 g/mol. The van der Waals surface area contributed by atoms with Gasteiger partial charge in [-0.05, 0) is 6.07 Å². The van der Waals surface area contributed by atoms with Gasteiger partial charge in [0.15, 0.2) is 5.78 Å². The van der Waals surface area contributed by atoms with Gasteiger partial charge in [0.05, 0.1) is 26.0 Å². The number of hydrogen-bond donors (Lipinski definition) is 0. The van der Waals surface area contributed by atoms with Crippen LogP contribution in [0.5, 0.6) is 5.88 Å². The van der Waals surface area contributed by atoms with Crippen molar-refractivity contribution in [2.24, 2.45) is 0 Å². The lowest BCUT2D eigenvalue weighted by molar-refractivity contribution is -0.0131. The SMILES string of the molecule is COc1cccc(CN2CCOC[C@@H]2CC(=O)c2ccccc2)n1. The number of nitrogens with zero attached hydrogens (tertiary/aromatic N) is 2. The maximum absolute atomic E-state index is 12.5. The highest BCUT2D eigenvalue weighted by Gasteiger charge is 2.26. The molecule has 0 spiro atoms. The molecule has 1 aliphatic heterocycles. The molecule has 0 unspecified atom stereocenters. The van der Waals surface area contributed by atoms with Crippen LogP contribution >= 0.6 is 0 Å². The van der Waals surface area contributed by atoms with E-state index in [9.17, 15) is 4.79 Å². The Kier molecular flexibility index (Phi) is 5.56. The highest BCUT2D eigenvalue weighted by atomic mass is 16.5. The summed E-state index contributed by atoms with van der Waals surface area (Å²) in [7, 11) is 1.61. The van der Waals surface area contributed by atoms with E-state index in [1.165, 1.54) is 0 Å². The van der Waals surface area contributed by atoms with Gasteiger partial charge in [0, 0.05) is 37.2 Å². The molecule has 1 atom stereocenters. The average Bonchev–Trinajstić information content (AvgIpc) is 2.64. The second kappa shape index (κ2) is 8.04. The number of morpholine rings is 1. The van der Waals surface area contributed by atoms with E-state index >= 15 is 0 Å². The predicted octanol–water partition coefficient (Wildman–Crippen LogP) is 2.56. The number of carbonyl (C=O) groups is 1. The number of aromatic nitrogens is 1. The van der Waals surface area contributed by atoms with E-state index in [4.69, 9.17) is 9.47 Å². The zero-order valence-electron chi connectivity index (χ0n) is 13.9. The molecule has 0 aliphatic carbocycles. The van der Waals surface area contributed by atoms with Gasteiger partial charge in [-0.3, -0.25) is 9.69 Å². The molecule has 1 aromatic heterocycles. The monoisotopic (exact) mass is 326 g/mol. The number of rotatable bonds is 6. The Hall–Kier alpha value is -2.24. The molecule has 5 nitrogen and oxygen atoms in total. The third kappa shape index (κ3) is 4.19. The maximum atomic E-state index is 12.5. The van der Waals surface area contributed by atoms with E-state index in [1.54, 1.807) is 7.11 Å². The van der Waals surface area contributed by atoms with Crippen LogP contribution in [0.3, 0.4) is 0 Å². The van der Waals surface area contributed by atoms with E-state index in [2.05, 4.69) is 9.88 Å². The third-order valence-electron chi connectivity index (χ3n) is 4.22. The van der Waals surface area contributed by atoms with Crippen LogP contribution < -0.4 is 4.74 Å². The Morgan fingerprint density at radius 1 is 1.25 bits per heavy atom. The number of Topliss-reactive ketones (excluding diaryl/α,β-unsaturated/α-hetero) is 1. The Morgan fingerprint density at radius 2 is 2.08 bits per heavy atom. The van der Waals surface area contributed by atoms with Crippen molar-refractivity contribution in [1.29, 1.82) is 0 Å². The lowest BCUT2D eigenvalue weighted by atomic mass is 10.0. The zero-order chi connectivity index (χ0) is 16.8. The highest BCUT2D eigenvalue weighted by molar-refractivity contribution is 5.96. The summed E-state index contributed by atoms with van der Waals surface area (Å²) < 4.78 is 10.8. The Morgan fingerprint density at radius 3 is 2.88 bits per heavy atom. The van der Waals surface area contributed by atoms with Crippen molar-refractivity contribution in [2.45, 2.75) is 19.0 Å². The lowest BCUT2D eigenvalue weighted by Crippen LogP contribution is -2.46. The smallest absolute Gasteiger partial charge is 0.213 e. The highest BCUT2D eigenvalue weighted by Crippen LogP contribution is 2.17. The molecule has 1 aromatic carbocycles. The van der Waals surface area contributed by atoms with Crippen LogP contribution in [-0.4, -0.2) is 48.6 Å². The standard InChI is InChI=1S/C19H22N2O3/c1-23-19-9-5-8-16(20-19)13-21-10-11-24-14-17(21)12-18(22)15-6-3-2-4-7-15/h2-9,17H,10-14H2,1H3/t17-/m0/s1. The van der Waals surface area contributed by atoms with Crippen LogP contribution in [0.25, 0.3) is 0 Å². The summed E-state index contributed by atoms with van der Waals surface area (Å²) in [4.78, 5) is 19.2. The molecule has 0 N–H and O–H groups in total. The van der Waals surface area contributed by atoms with Gasteiger partial charge in [0.25, 0.3) is 0 Å². The topological polar surface area (TPSA) is 51.7 Å². The molecule has 1 aliphatic rings. The Balaban J connectivity index is 1.68. The maximum Gasteiger partial charge on any atom is 0.213 e. The fourth-order valence-corrected chi connectivity index (χ4v) is 2.91. The summed E-state index contributed by atoms with van der Waals surface area (Å²) >= 11 is 0. The summed E-state index contributed by atoms with van der Waals surface area (Å²) in [5.41, 5.74) is 1.69. The van der Waals surface area contributed by atoms with Crippen LogP contribution in [0.2, 0.25) is 0 Å². The number of pyridine rings is 1. The number of hydrogen-bond acceptors (Lipinski definition) is 5. The number of carbonyl (C=O) groups excluding carboxylic acids is 1. The summed E-state index contributed by atoms with van der Waals surface area (Å²) in [5.74, 6) is 0.757. The first-order valence-electron chi connectivity index (χ1n) is 8.16. The van der Waals surface area contributed by atoms with E-state index in [0.717, 1.165) is 17.8 Å². The first-order chi connectivity index (χ1) is 11.8. The van der Waals surface area contributed by atoms with Crippen molar-refractivity contribution >= 4 is 5.78 Å². The van der Waals surface area contributed by atoms with Crippen molar-refractivity contribution in [3.05, 3.63) is 59.8 Å². The molecule has 24 heavy (non-hydrogen) atoms. The molecule has 3 rings (SSSR count). The van der Waals surface area contributed by atoms with E-state index in [-0.39, 0.29) is 11.8 Å². The molecule has 5 heteroatoms. The molecule has 2 aromatic rings. The molecule has 0 bridgehead atoms. The van der Waals surface area contributed by atoms with Gasteiger partial charge in [-0.25, -0.2) is 4.98 Å². The van der Waals surface area contributed by atoms with Gasteiger partial charge in [0.1, 0.15) is 0 Å². The fourth-order valence-electron chi connectivity index (χ4n) is 2.91. The first-order valence-corrected chi connectivity index (χ1v) is 8.16. The van der Waals surface area contributed by atoms with E-state index in [0.29, 0.717) is 32.1 Å². The van der Waals surface area contributed by atoms with Crippen LogP contribution in [-0.2, 0) is 11.3 Å². The number of ketones is 1. The molecule has 0 saturated carbocycles. The zero-order valence-corrected chi connectivity index (χ0v) is 13.9. The van der Waals surface area contributed by atoms with E-state index in [1.807, 2.05) is 48.5 Å². The number of benzene rings is 1. The number of methoxy groups -OCH3 is 1. The van der Waals surface area contributed by atoms with E-state index < -0.39 is 0 Å². The van der Waals surface area contributed by atoms with Crippen LogP contribution in [0.1, 0.15) is 22.5 Å². The van der Waals surface area contributed by atoms with Crippen molar-refractivity contribution in [1.82, 2.24) is 9.88 Å². The van der Waals surface area contributed by atoms with Crippen molar-refractivity contribution in [2.75, 3.05) is 26.9 Å². The summed E-state index contributed by atoms with van der Waals surface area (Å²) in [6.07, 6.45) is 0.452. The quantitative estimate of drug-likeness (QED) is 0.764. The minimum Gasteiger partial charge on any atom is -0.481 e. The average molecular weight is 326 g/mol. The Bertz CT molecular complexity index is 675. The summed E-state index contributed by atoms with van der Waals surface area (Å²) in [6.45, 7) is 2.74. The Labute approximate surface area is 142 Å². The van der Waals surface area contributed by atoms with Crippen LogP contribution in [0, 0.1) is 0 Å². The lowest BCUT2D eigenvalue weighted by Gasteiger charge is -2.35. The molecular formula is C19H22N2O3. The van der Waals surface area contributed by atoms with Crippen LogP contribution in [0.4, 0.5) is 0 Å². The minimum absolute atomic E-state index is 0.0689. The third-order valence-corrected chi connectivity index (χ3v) is 4.22. The molecule has 1 saturated heterocycles. The predicted molar refractivity (Wildman–Crippen MR) is 91.2 cm³/mol. The summed E-state index contributed by atoms with van der Waals surface area (Å²) in [5, 5.41) is 0. The van der Waals surface area contributed by atoms with Gasteiger partial charge < -0.3 is 9.47 Å². The minimum atomic E-state index is 0.0689. The first kappa shape index (κ1) is 16.6. The van der Waals surface area contributed by atoms with Gasteiger partial charge in [-0.15, -0.1) is 0 Å². The van der Waals surface area contributed by atoms with Crippen molar-refractivity contribution in [3.8, 4) is 5.88 Å². The van der Waals surface area contributed by atoms with Crippen LogP contribution in [0.15, 0.2) is 48.5 Å². The second-order valence-corrected chi connectivity index (χ2v) is 5.86. The second-order valence-electron chi connectivity index (χ2n) is 5.86.